The van der Waals surface area contributed by atoms with Crippen molar-refractivity contribution in [3.05, 3.63) is 35.9 Å². The van der Waals surface area contributed by atoms with Crippen molar-refractivity contribution >= 4 is 11.8 Å². The highest BCUT2D eigenvalue weighted by Gasteiger charge is 2.08. The van der Waals surface area contributed by atoms with Crippen molar-refractivity contribution in [2.75, 3.05) is 5.94 Å². The van der Waals surface area contributed by atoms with Crippen molar-refractivity contribution < 1.29 is 9.84 Å². The number of thioether (sulfide) groups is 1. The number of ether oxygens (including phenoxy) is 1. The Labute approximate surface area is 95.7 Å². The van der Waals surface area contributed by atoms with E-state index in [1.54, 1.807) is 18.7 Å². The van der Waals surface area contributed by atoms with Gasteiger partial charge in [-0.3, -0.25) is 0 Å². The lowest BCUT2D eigenvalue weighted by Crippen LogP contribution is -2.16. The first-order valence-electron chi connectivity index (χ1n) is 5.11. The largest absolute Gasteiger partial charge is 0.392 e. The van der Waals surface area contributed by atoms with E-state index in [1.165, 1.54) is 5.56 Å². The molecule has 0 spiro atoms. The molecule has 0 aliphatic carbocycles. The fourth-order valence-electron chi connectivity index (χ4n) is 1.03. The summed E-state index contributed by atoms with van der Waals surface area (Å²) in [6.45, 7) is 4.44. The van der Waals surface area contributed by atoms with Crippen molar-refractivity contribution in [2.24, 2.45) is 0 Å². The summed E-state index contributed by atoms with van der Waals surface area (Å²) < 4.78 is 5.49. The van der Waals surface area contributed by atoms with Crippen LogP contribution in [0.15, 0.2) is 30.3 Å². The first kappa shape index (κ1) is 12.6. The van der Waals surface area contributed by atoms with E-state index >= 15 is 0 Å². The van der Waals surface area contributed by atoms with Gasteiger partial charge in [0.2, 0.25) is 0 Å². The van der Waals surface area contributed by atoms with E-state index in [4.69, 9.17) is 4.74 Å². The van der Waals surface area contributed by atoms with Gasteiger partial charge in [-0.1, -0.05) is 37.3 Å². The van der Waals surface area contributed by atoms with Crippen LogP contribution in [0.25, 0.3) is 0 Å². The molecule has 0 fully saturated rings. The molecular formula is C12H18O2S. The van der Waals surface area contributed by atoms with Crippen LogP contribution >= 0.6 is 11.8 Å². The lowest BCUT2D eigenvalue weighted by Gasteiger charge is -2.13. The Morgan fingerprint density at radius 3 is 2.53 bits per heavy atom. The minimum absolute atomic E-state index is 0.223. The van der Waals surface area contributed by atoms with Gasteiger partial charge >= 0.3 is 0 Å². The molecule has 15 heavy (non-hydrogen) atoms. The number of rotatable bonds is 6. The minimum Gasteiger partial charge on any atom is -0.392 e. The van der Waals surface area contributed by atoms with Crippen LogP contribution in [-0.4, -0.2) is 22.4 Å². The van der Waals surface area contributed by atoms with Crippen molar-refractivity contribution in [1.82, 2.24) is 0 Å². The van der Waals surface area contributed by atoms with E-state index in [1.807, 2.05) is 37.3 Å². The maximum Gasteiger partial charge on any atom is 0.0929 e. The normalized spacial score (nSPS) is 14.9. The Hall–Kier alpha value is -0.510. The topological polar surface area (TPSA) is 29.5 Å². The summed E-state index contributed by atoms with van der Waals surface area (Å²) in [6.07, 6.45) is -0.282. The van der Waals surface area contributed by atoms with E-state index in [9.17, 15) is 5.11 Å². The first-order chi connectivity index (χ1) is 7.20. The molecule has 2 atom stereocenters. The van der Waals surface area contributed by atoms with Gasteiger partial charge in [0.05, 0.1) is 18.6 Å². The van der Waals surface area contributed by atoms with Gasteiger partial charge in [0.15, 0.2) is 0 Å². The van der Waals surface area contributed by atoms with E-state index < -0.39 is 0 Å². The predicted octanol–water partition coefficient (Wildman–Crippen LogP) is 2.66. The second-order valence-electron chi connectivity index (χ2n) is 3.56. The number of aliphatic hydroxyl groups excluding tert-OH is 1. The zero-order valence-corrected chi connectivity index (χ0v) is 10.0. The molecule has 0 saturated carbocycles. The second-order valence-corrected chi connectivity index (χ2v) is 4.88. The maximum absolute atomic E-state index is 9.26. The highest BCUT2D eigenvalue weighted by molar-refractivity contribution is 7.99. The molecule has 2 nitrogen and oxygen atoms in total. The molecule has 0 amide bonds. The quantitative estimate of drug-likeness (QED) is 0.597. The van der Waals surface area contributed by atoms with Gasteiger partial charge in [0.25, 0.3) is 0 Å². The van der Waals surface area contributed by atoms with Gasteiger partial charge in [-0.25, -0.2) is 0 Å². The Morgan fingerprint density at radius 2 is 1.93 bits per heavy atom. The SMILES string of the molecule is CC(O)C(C)SCOCc1ccccc1. The molecular weight excluding hydrogens is 208 g/mol. The average molecular weight is 226 g/mol. The van der Waals surface area contributed by atoms with Crippen molar-refractivity contribution in [2.45, 2.75) is 31.8 Å². The van der Waals surface area contributed by atoms with Crippen LogP contribution in [0.2, 0.25) is 0 Å². The Morgan fingerprint density at radius 1 is 1.27 bits per heavy atom. The molecule has 3 heteroatoms. The summed E-state index contributed by atoms with van der Waals surface area (Å²) in [4.78, 5) is 0. The van der Waals surface area contributed by atoms with Crippen LogP contribution in [0, 0.1) is 0 Å². The Bertz CT molecular complexity index is 262. The highest BCUT2D eigenvalue weighted by Crippen LogP contribution is 2.14. The van der Waals surface area contributed by atoms with Crippen LogP contribution in [-0.2, 0) is 11.3 Å². The summed E-state index contributed by atoms with van der Waals surface area (Å²) in [5.74, 6) is 0.626. The van der Waals surface area contributed by atoms with Gasteiger partial charge in [0.1, 0.15) is 0 Å². The second kappa shape index (κ2) is 6.88. The van der Waals surface area contributed by atoms with Crippen molar-refractivity contribution in [3.8, 4) is 0 Å². The van der Waals surface area contributed by atoms with Gasteiger partial charge < -0.3 is 9.84 Å². The van der Waals surface area contributed by atoms with E-state index in [0.717, 1.165) is 0 Å². The van der Waals surface area contributed by atoms with Crippen molar-refractivity contribution in [1.29, 1.82) is 0 Å². The smallest absolute Gasteiger partial charge is 0.0929 e. The average Bonchev–Trinajstić information content (AvgIpc) is 2.25. The molecule has 0 aliphatic heterocycles. The summed E-state index contributed by atoms with van der Waals surface area (Å²) >= 11 is 1.63. The third-order valence-corrected chi connectivity index (χ3v) is 3.43. The zero-order chi connectivity index (χ0) is 11.1. The van der Waals surface area contributed by atoms with Crippen LogP contribution in [0.5, 0.6) is 0 Å². The molecule has 0 aliphatic rings. The van der Waals surface area contributed by atoms with E-state index in [-0.39, 0.29) is 11.4 Å². The fraction of sp³-hybridized carbons (Fsp3) is 0.500. The lowest BCUT2D eigenvalue weighted by molar-refractivity contribution is 0.165. The van der Waals surface area contributed by atoms with E-state index in [0.29, 0.717) is 12.5 Å². The molecule has 1 N–H and O–H groups in total. The molecule has 1 rings (SSSR count). The Kier molecular flexibility index (Phi) is 5.76. The summed E-state index contributed by atoms with van der Waals surface area (Å²) in [5.41, 5.74) is 1.18. The van der Waals surface area contributed by atoms with Crippen molar-refractivity contribution in [3.63, 3.8) is 0 Å². The molecule has 1 aromatic rings. The molecule has 84 valence electrons. The van der Waals surface area contributed by atoms with Crippen LogP contribution < -0.4 is 0 Å². The third-order valence-electron chi connectivity index (χ3n) is 2.21. The molecule has 0 heterocycles. The maximum atomic E-state index is 9.26. The third kappa shape index (κ3) is 5.21. The summed E-state index contributed by atoms with van der Waals surface area (Å²) in [5, 5.41) is 9.48. The monoisotopic (exact) mass is 226 g/mol. The van der Waals surface area contributed by atoms with Gasteiger partial charge in [0, 0.05) is 5.25 Å². The highest BCUT2D eigenvalue weighted by atomic mass is 32.2. The predicted molar refractivity (Wildman–Crippen MR) is 64.8 cm³/mol. The molecule has 1 aromatic carbocycles. The van der Waals surface area contributed by atoms with Crippen LogP contribution in [0.3, 0.4) is 0 Å². The standard InChI is InChI=1S/C12H18O2S/c1-10(13)11(2)15-9-14-8-12-6-4-3-5-7-12/h3-7,10-11,13H,8-9H2,1-2H3. The summed E-state index contributed by atoms with van der Waals surface area (Å²) in [6, 6.07) is 10.1. The molecule has 0 bridgehead atoms. The van der Waals surface area contributed by atoms with Crippen LogP contribution in [0.1, 0.15) is 19.4 Å². The Balaban J connectivity index is 2.12. The number of benzene rings is 1. The lowest BCUT2D eigenvalue weighted by atomic mass is 10.2. The first-order valence-corrected chi connectivity index (χ1v) is 6.16. The molecule has 0 saturated heterocycles. The molecule has 2 unspecified atom stereocenters. The summed E-state index contributed by atoms with van der Waals surface area (Å²) in [7, 11) is 0. The number of hydrogen-bond acceptors (Lipinski definition) is 3. The minimum atomic E-state index is -0.282. The number of hydrogen-bond donors (Lipinski definition) is 1. The fourth-order valence-corrected chi connectivity index (χ4v) is 1.70. The number of aliphatic hydroxyl groups is 1. The van der Waals surface area contributed by atoms with Gasteiger partial charge in [-0.05, 0) is 12.5 Å². The zero-order valence-electron chi connectivity index (χ0n) is 9.22. The molecule has 0 aromatic heterocycles. The van der Waals surface area contributed by atoms with Crippen LogP contribution in [0.4, 0.5) is 0 Å². The van der Waals surface area contributed by atoms with Gasteiger partial charge in [-0.15, -0.1) is 11.8 Å². The molecule has 0 radical (unpaired) electrons. The van der Waals surface area contributed by atoms with E-state index in [2.05, 4.69) is 0 Å². The van der Waals surface area contributed by atoms with Gasteiger partial charge in [-0.2, -0.15) is 0 Å².